The standard InChI is InChI=1S/C27H28N6O7/c1-27(2)39-20-18(12-37-17-10-8-15(9-11-17)25(34)35)38-24(21(20)40-27)33-14-30-19-22(28-13-29-23(19)33)32-26(36)31-16-6-4-3-5-7-16/h3-11,13,18,20-21,24,30H,12,14H2,1-2H3,(H,34,35)(H2,28,29,31,32,36). The van der Waals surface area contributed by atoms with Crippen LogP contribution < -0.4 is 25.6 Å². The zero-order chi connectivity index (χ0) is 27.9. The molecular weight excluding hydrogens is 520 g/mol. The second kappa shape index (κ2) is 10.3. The number of ether oxygens (including phenoxy) is 4. The number of fused-ring (bicyclic) bond motifs is 2. The van der Waals surface area contributed by atoms with Gasteiger partial charge in [-0.05, 0) is 50.2 Å². The van der Waals surface area contributed by atoms with E-state index in [1.807, 2.05) is 36.9 Å². The van der Waals surface area contributed by atoms with Crippen molar-refractivity contribution in [3.8, 4) is 5.75 Å². The number of aromatic carboxylic acids is 1. The van der Waals surface area contributed by atoms with Crippen LogP contribution in [0, 0.1) is 0 Å². The van der Waals surface area contributed by atoms with Crippen molar-refractivity contribution in [1.29, 1.82) is 0 Å². The summed E-state index contributed by atoms with van der Waals surface area (Å²) in [6.45, 7) is 4.19. The monoisotopic (exact) mass is 548 g/mol. The summed E-state index contributed by atoms with van der Waals surface area (Å²) in [6.07, 6.45) is -0.529. The molecule has 13 nitrogen and oxygen atoms in total. The maximum atomic E-state index is 12.6. The van der Waals surface area contributed by atoms with Crippen molar-refractivity contribution >= 4 is 35.0 Å². The first-order chi connectivity index (χ1) is 19.3. The van der Waals surface area contributed by atoms with E-state index in [0.29, 0.717) is 35.4 Å². The fraction of sp³-hybridized carbons (Fsp3) is 0.333. The highest BCUT2D eigenvalue weighted by Gasteiger charge is 2.58. The number of anilines is 4. The van der Waals surface area contributed by atoms with Crippen molar-refractivity contribution in [2.45, 2.75) is 44.2 Å². The average molecular weight is 549 g/mol. The highest BCUT2D eigenvalue weighted by molar-refractivity contribution is 6.02. The first kappa shape index (κ1) is 25.8. The molecule has 4 heterocycles. The summed E-state index contributed by atoms with van der Waals surface area (Å²) >= 11 is 0. The van der Waals surface area contributed by atoms with Crippen LogP contribution in [0.2, 0.25) is 0 Å². The Balaban J connectivity index is 1.17. The van der Waals surface area contributed by atoms with Crippen LogP contribution in [0.25, 0.3) is 0 Å². The highest BCUT2D eigenvalue weighted by atomic mass is 16.8. The minimum atomic E-state index is -1.01. The van der Waals surface area contributed by atoms with Gasteiger partial charge in [-0.2, -0.15) is 0 Å². The zero-order valence-electron chi connectivity index (χ0n) is 21.7. The Morgan fingerprint density at radius 2 is 1.82 bits per heavy atom. The number of hydrogen-bond donors (Lipinski definition) is 4. The molecule has 3 aliphatic rings. The third-order valence-electron chi connectivity index (χ3n) is 6.74. The Morgan fingerprint density at radius 3 is 2.58 bits per heavy atom. The topological polar surface area (TPSA) is 156 Å². The van der Waals surface area contributed by atoms with Crippen LogP contribution in [0.1, 0.15) is 24.2 Å². The van der Waals surface area contributed by atoms with E-state index in [0.717, 1.165) is 0 Å². The molecule has 0 radical (unpaired) electrons. The summed E-state index contributed by atoms with van der Waals surface area (Å²) in [7, 11) is 0. The number of carbonyl (C=O) groups is 2. The molecule has 208 valence electrons. The van der Waals surface area contributed by atoms with Gasteiger partial charge in [0.15, 0.2) is 23.7 Å². The van der Waals surface area contributed by atoms with Crippen molar-refractivity contribution in [2.75, 3.05) is 34.1 Å². The molecule has 0 aliphatic carbocycles. The highest BCUT2D eigenvalue weighted by Crippen LogP contribution is 2.44. The lowest BCUT2D eigenvalue weighted by molar-refractivity contribution is -0.189. The van der Waals surface area contributed by atoms with Crippen molar-refractivity contribution in [1.82, 2.24) is 9.97 Å². The molecule has 4 unspecified atom stereocenters. The SMILES string of the molecule is CC1(C)OC2C(COc3ccc(C(=O)O)cc3)OC(N3CNc4c(NC(=O)Nc5ccccc5)ncnc43)C2O1. The number of carbonyl (C=O) groups excluding carboxylic acids is 1. The number of amides is 2. The number of para-hydroxylation sites is 1. The number of hydrogen-bond acceptors (Lipinski definition) is 10. The number of benzene rings is 2. The van der Waals surface area contributed by atoms with Gasteiger partial charge in [-0.25, -0.2) is 19.6 Å². The third-order valence-corrected chi connectivity index (χ3v) is 6.74. The molecule has 13 heteroatoms. The smallest absolute Gasteiger partial charge is 0.335 e. The van der Waals surface area contributed by atoms with Gasteiger partial charge in [0.05, 0.1) is 12.2 Å². The van der Waals surface area contributed by atoms with Gasteiger partial charge in [0.1, 0.15) is 42.7 Å². The largest absolute Gasteiger partial charge is 0.491 e. The summed E-state index contributed by atoms with van der Waals surface area (Å²) in [6, 6.07) is 14.8. The Hall–Kier alpha value is -4.46. The fourth-order valence-corrected chi connectivity index (χ4v) is 5.01. The molecular formula is C27H28N6O7. The van der Waals surface area contributed by atoms with Crippen molar-refractivity contribution in [2.24, 2.45) is 0 Å². The molecule has 2 fully saturated rings. The van der Waals surface area contributed by atoms with Crippen LogP contribution in [0.4, 0.5) is 27.8 Å². The van der Waals surface area contributed by atoms with Gasteiger partial charge in [-0.15, -0.1) is 0 Å². The third kappa shape index (κ3) is 5.09. The molecule has 4 N–H and O–H groups in total. The van der Waals surface area contributed by atoms with E-state index in [1.165, 1.54) is 18.5 Å². The number of nitrogens with one attached hydrogen (secondary N) is 3. The number of carboxylic acids is 1. The van der Waals surface area contributed by atoms with E-state index < -0.39 is 42.3 Å². The van der Waals surface area contributed by atoms with Gasteiger partial charge < -0.3 is 39.6 Å². The Labute approximate surface area is 229 Å². The molecule has 6 rings (SSSR count). The van der Waals surface area contributed by atoms with E-state index in [4.69, 9.17) is 24.1 Å². The van der Waals surface area contributed by atoms with Crippen molar-refractivity contribution < 1.29 is 33.6 Å². The molecule has 2 saturated heterocycles. The predicted molar refractivity (Wildman–Crippen MR) is 143 cm³/mol. The van der Waals surface area contributed by atoms with Crippen LogP contribution in [0.3, 0.4) is 0 Å². The normalized spacial score (nSPS) is 24.1. The van der Waals surface area contributed by atoms with Crippen LogP contribution in [0.15, 0.2) is 60.9 Å². The number of nitrogens with zero attached hydrogens (tertiary/aromatic N) is 3. The summed E-state index contributed by atoms with van der Waals surface area (Å²) in [5, 5.41) is 17.9. The van der Waals surface area contributed by atoms with Crippen LogP contribution in [-0.4, -0.2) is 70.7 Å². The molecule has 0 saturated carbocycles. The van der Waals surface area contributed by atoms with Gasteiger partial charge in [0.25, 0.3) is 0 Å². The lowest BCUT2D eigenvalue weighted by Gasteiger charge is -2.30. The summed E-state index contributed by atoms with van der Waals surface area (Å²) < 4.78 is 24.8. The first-order valence-corrected chi connectivity index (χ1v) is 12.7. The molecule has 4 atom stereocenters. The van der Waals surface area contributed by atoms with E-state index in [1.54, 1.807) is 24.3 Å². The van der Waals surface area contributed by atoms with E-state index in [9.17, 15) is 9.59 Å². The van der Waals surface area contributed by atoms with Crippen molar-refractivity contribution in [3.05, 3.63) is 66.5 Å². The van der Waals surface area contributed by atoms with Crippen LogP contribution >= 0.6 is 0 Å². The van der Waals surface area contributed by atoms with Gasteiger partial charge in [-0.1, -0.05) is 18.2 Å². The second-order valence-corrected chi connectivity index (χ2v) is 9.94. The molecule has 2 amide bonds. The lowest BCUT2D eigenvalue weighted by atomic mass is 10.1. The fourth-order valence-electron chi connectivity index (χ4n) is 5.01. The Kier molecular flexibility index (Phi) is 6.62. The molecule has 2 aromatic carbocycles. The summed E-state index contributed by atoms with van der Waals surface area (Å²) in [4.78, 5) is 34.3. The maximum absolute atomic E-state index is 12.6. The van der Waals surface area contributed by atoms with Gasteiger partial charge >= 0.3 is 12.0 Å². The molecule has 3 aromatic rings. The minimum Gasteiger partial charge on any atom is -0.491 e. The molecule has 40 heavy (non-hydrogen) atoms. The van der Waals surface area contributed by atoms with Gasteiger partial charge in [0.2, 0.25) is 0 Å². The van der Waals surface area contributed by atoms with E-state index in [2.05, 4.69) is 25.9 Å². The number of carboxylic acid groups (broad SMARTS) is 1. The first-order valence-electron chi connectivity index (χ1n) is 12.7. The van der Waals surface area contributed by atoms with Crippen molar-refractivity contribution in [3.63, 3.8) is 0 Å². The number of rotatable bonds is 7. The summed E-state index contributed by atoms with van der Waals surface area (Å²) in [5.74, 6) is -0.453. The van der Waals surface area contributed by atoms with E-state index >= 15 is 0 Å². The van der Waals surface area contributed by atoms with Crippen LogP contribution in [-0.2, 0) is 14.2 Å². The minimum absolute atomic E-state index is 0.161. The summed E-state index contributed by atoms with van der Waals surface area (Å²) in [5.41, 5.74) is 1.38. The average Bonchev–Trinajstić information content (AvgIpc) is 3.59. The predicted octanol–water partition coefficient (Wildman–Crippen LogP) is 3.33. The molecule has 1 aromatic heterocycles. The molecule has 3 aliphatic heterocycles. The van der Waals surface area contributed by atoms with Gasteiger partial charge in [0, 0.05) is 5.69 Å². The Morgan fingerprint density at radius 1 is 1.07 bits per heavy atom. The van der Waals surface area contributed by atoms with E-state index in [-0.39, 0.29) is 12.2 Å². The van der Waals surface area contributed by atoms with Gasteiger partial charge in [-0.3, -0.25) is 5.32 Å². The number of urea groups is 1. The maximum Gasteiger partial charge on any atom is 0.335 e. The van der Waals surface area contributed by atoms with Crippen LogP contribution in [0.5, 0.6) is 5.75 Å². The lowest BCUT2D eigenvalue weighted by Crippen LogP contribution is -2.44. The molecule has 0 spiro atoms. The Bertz CT molecular complexity index is 1400. The second-order valence-electron chi connectivity index (χ2n) is 9.94. The molecule has 0 bridgehead atoms. The zero-order valence-corrected chi connectivity index (χ0v) is 21.7. The number of aromatic nitrogens is 2. The quantitative estimate of drug-likeness (QED) is 0.343.